The number of rotatable bonds is 6. The maximum atomic E-state index is 9.55. The van der Waals surface area contributed by atoms with Gasteiger partial charge in [-0.3, -0.25) is 9.58 Å². The molecule has 2 N–H and O–H groups in total. The zero-order valence-electron chi connectivity index (χ0n) is 13.6. The predicted octanol–water partition coefficient (Wildman–Crippen LogP) is 1.63. The summed E-state index contributed by atoms with van der Waals surface area (Å²) in [6.45, 7) is 6.13. The van der Waals surface area contributed by atoms with Gasteiger partial charge in [0.2, 0.25) is 0 Å². The van der Waals surface area contributed by atoms with Crippen LogP contribution in [-0.2, 0) is 13.1 Å². The van der Waals surface area contributed by atoms with E-state index < -0.39 is 0 Å². The molecular formula is C17H25N5O. The minimum Gasteiger partial charge on any atom is -0.508 e. The zero-order chi connectivity index (χ0) is 16.1. The van der Waals surface area contributed by atoms with Crippen LogP contribution < -0.4 is 5.32 Å². The number of nitrogens with one attached hydrogen (secondary N) is 1. The lowest BCUT2D eigenvalue weighted by molar-refractivity contribution is 0.182. The number of nitrogens with zero attached hydrogens (tertiary/aromatic N) is 4. The molecule has 0 aliphatic carbocycles. The van der Waals surface area contributed by atoms with Gasteiger partial charge in [-0.1, -0.05) is 12.1 Å². The van der Waals surface area contributed by atoms with Crippen molar-refractivity contribution in [3.63, 3.8) is 0 Å². The van der Waals surface area contributed by atoms with E-state index in [1.807, 2.05) is 16.8 Å². The molecule has 1 aromatic carbocycles. The number of benzene rings is 1. The highest BCUT2D eigenvalue weighted by molar-refractivity contribution is 5.27. The van der Waals surface area contributed by atoms with Crippen LogP contribution in [0.15, 0.2) is 36.9 Å². The Morgan fingerprint density at radius 2 is 2.17 bits per heavy atom. The van der Waals surface area contributed by atoms with Gasteiger partial charge in [0.05, 0.1) is 6.54 Å². The first-order valence-electron chi connectivity index (χ1n) is 8.28. The van der Waals surface area contributed by atoms with Crippen LogP contribution in [-0.4, -0.2) is 49.9 Å². The molecule has 2 aromatic rings. The highest BCUT2D eigenvalue weighted by Crippen LogP contribution is 2.17. The molecule has 3 rings (SSSR count). The molecule has 0 spiro atoms. The van der Waals surface area contributed by atoms with E-state index in [9.17, 15) is 5.11 Å². The first-order chi connectivity index (χ1) is 11.2. The summed E-state index contributed by atoms with van der Waals surface area (Å²) >= 11 is 0. The minimum absolute atomic E-state index is 0.348. The third-order valence-electron chi connectivity index (χ3n) is 4.35. The second-order valence-electron chi connectivity index (χ2n) is 6.41. The summed E-state index contributed by atoms with van der Waals surface area (Å²) in [5.74, 6) is 0.348. The number of likely N-dealkylation sites (tertiary alicyclic amines) is 1. The van der Waals surface area contributed by atoms with E-state index in [2.05, 4.69) is 33.3 Å². The van der Waals surface area contributed by atoms with E-state index in [-0.39, 0.29) is 0 Å². The Hall–Kier alpha value is -1.92. The van der Waals surface area contributed by atoms with Gasteiger partial charge in [-0.2, -0.15) is 5.10 Å². The largest absolute Gasteiger partial charge is 0.508 e. The average molecular weight is 315 g/mol. The van der Waals surface area contributed by atoms with Gasteiger partial charge < -0.3 is 10.4 Å². The van der Waals surface area contributed by atoms with Crippen LogP contribution in [0.1, 0.15) is 25.3 Å². The van der Waals surface area contributed by atoms with Crippen LogP contribution in [0.2, 0.25) is 0 Å². The third-order valence-corrected chi connectivity index (χ3v) is 4.35. The van der Waals surface area contributed by atoms with Gasteiger partial charge in [0.1, 0.15) is 18.4 Å². The smallest absolute Gasteiger partial charge is 0.137 e. The zero-order valence-corrected chi connectivity index (χ0v) is 13.6. The fourth-order valence-corrected chi connectivity index (χ4v) is 3.23. The number of hydrogen-bond acceptors (Lipinski definition) is 5. The molecule has 1 aliphatic rings. The van der Waals surface area contributed by atoms with Gasteiger partial charge in [-0.15, -0.1) is 0 Å². The van der Waals surface area contributed by atoms with Crippen molar-refractivity contribution in [2.75, 3.05) is 13.1 Å². The summed E-state index contributed by atoms with van der Waals surface area (Å²) in [5.41, 5.74) is 1.18. The Balaban J connectivity index is 1.41. The summed E-state index contributed by atoms with van der Waals surface area (Å²) < 4.78 is 1.87. The normalized spacial score (nSPS) is 18.1. The Morgan fingerprint density at radius 1 is 1.35 bits per heavy atom. The Kier molecular flexibility index (Phi) is 5.25. The molecule has 0 saturated carbocycles. The second kappa shape index (κ2) is 7.57. The summed E-state index contributed by atoms with van der Waals surface area (Å²) in [5, 5.41) is 17.4. The number of hydrogen-bond donors (Lipinski definition) is 2. The van der Waals surface area contributed by atoms with E-state index in [0.717, 1.165) is 39.0 Å². The maximum Gasteiger partial charge on any atom is 0.137 e. The molecule has 23 heavy (non-hydrogen) atoms. The summed E-state index contributed by atoms with van der Waals surface area (Å²) in [4.78, 5) is 6.43. The van der Waals surface area contributed by atoms with Crippen LogP contribution in [0.4, 0.5) is 0 Å². The number of aromatic hydroxyl groups is 1. The monoisotopic (exact) mass is 315 g/mol. The SMILES string of the molecule is C[C@H](Cn1cncn1)NC1CCN(Cc2cccc(O)c2)CC1. The van der Waals surface area contributed by atoms with Crippen molar-refractivity contribution in [1.82, 2.24) is 25.0 Å². The second-order valence-corrected chi connectivity index (χ2v) is 6.41. The van der Waals surface area contributed by atoms with Gasteiger partial charge >= 0.3 is 0 Å². The van der Waals surface area contributed by atoms with Gasteiger partial charge in [-0.25, -0.2) is 4.98 Å². The van der Waals surface area contributed by atoms with E-state index in [0.29, 0.717) is 17.8 Å². The molecule has 0 amide bonds. The van der Waals surface area contributed by atoms with Gasteiger partial charge in [-0.05, 0) is 50.6 Å². The number of phenols is 1. The quantitative estimate of drug-likeness (QED) is 0.848. The van der Waals surface area contributed by atoms with Gasteiger partial charge in [0.25, 0.3) is 0 Å². The lowest BCUT2D eigenvalue weighted by Gasteiger charge is -2.34. The highest BCUT2D eigenvalue weighted by Gasteiger charge is 2.20. The molecular weight excluding hydrogens is 290 g/mol. The van der Waals surface area contributed by atoms with Crippen molar-refractivity contribution in [3.05, 3.63) is 42.5 Å². The Bertz CT molecular complexity index is 593. The molecule has 1 aliphatic heterocycles. The highest BCUT2D eigenvalue weighted by atomic mass is 16.3. The molecule has 0 radical (unpaired) electrons. The molecule has 2 heterocycles. The maximum absolute atomic E-state index is 9.55. The van der Waals surface area contributed by atoms with Crippen LogP contribution in [0.5, 0.6) is 5.75 Å². The summed E-state index contributed by atoms with van der Waals surface area (Å²) in [6.07, 6.45) is 5.64. The van der Waals surface area contributed by atoms with Crippen LogP contribution in [0.25, 0.3) is 0 Å². The van der Waals surface area contributed by atoms with Crippen LogP contribution >= 0.6 is 0 Å². The summed E-state index contributed by atoms with van der Waals surface area (Å²) in [6, 6.07) is 8.50. The standard InChI is InChI=1S/C17H25N5O/c1-14(10-22-13-18-12-19-22)20-16-5-7-21(8-6-16)11-15-3-2-4-17(23)9-15/h2-4,9,12-14,16,20,23H,5-8,10-11H2,1H3/t14-/m1/s1. The first kappa shape index (κ1) is 16.0. The van der Waals surface area contributed by atoms with E-state index >= 15 is 0 Å². The lowest BCUT2D eigenvalue weighted by Crippen LogP contribution is -2.46. The fourth-order valence-electron chi connectivity index (χ4n) is 3.23. The minimum atomic E-state index is 0.348. The topological polar surface area (TPSA) is 66.2 Å². The molecule has 0 bridgehead atoms. The Labute approximate surface area is 137 Å². The van der Waals surface area contributed by atoms with Crippen LogP contribution in [0.3, 0.4) is 0 Å². The first-order valence-corrected chi connectivity index (χ1v) is 8.28. The molecule has 1 atom stereocenters. The molecule has 1 saturated heterocycles. The van der Waals surface area contributed by atoms with E-state index in [4.69, 9.17) is 0 Å². The summed E-state index contributed by atoms with van der Waals surface area (Å²) in [7, 11) is 0. The van der Waals surface area contributed by atoms with Gasteiger partial charge in [0, 0.05) is 18.6 Å². The molecule has 1 aromatic heterocycles. The predicted molar refractivity (Wildman–Crippen MR) is 89.0 cm³/mol. The molecule has 1 fully saturated rings. The fraction of sp³-hybridized carbons (Fsp3) is 0.529. The van der Waals surface area contributed by atoms with Gasteiger partial charge in [0.15, 0.2) is 0 Å². The molecule has 6 nitrogen and oxygen atoms in total. The van der Waals surface area contributed by atoms with Crippen molar-refractivity contribution in [2.24, 2.45) is 0 Å². The average Bonchev–Trinajstić information content (AvgIpc) is 3.02. The molecule has 6 heteroatoms. The lowest BCUT2D eigenvalue weighted by atomic mass is 10.0. The number of phenolic OH excluding ortho intramolecular Hbond substituents is 1. The number of aromatic nitrogens is 3. The van der Waals surface area contributed by atoms with Crippen molar-refractivity contribution in [2.45, 2.75) is 44.9 Å². The van der Waals surface area contributed by atoms with Crippen molar-refractivity contribution >= 4 is 0 Å². The van der Waals surface area contributed by atoms with Crippen molar-refractivity contribution < 1.29 is 5.11 Å². The van der Waals surface area contributed by atoms with E-state index in [1.165, 1.54) is 5.56 Å². The van der Waals surface area contributed by atoms with Crippen molar-refractivity contribution in [3.8, 4) is 5.75 Å². The van der Waals surface area contributed by atoms with Crippen molar-refractivity contribution in [1.29, 1.82) is 0 Å². The van der Waals surface area contributed by atoms with Crippen LogP contribution in [0, 0.1) is 0 Å². The molecule has 124 valence electrons. The van der Waals surface area contributed by atoms with E-state index in [1.54, 1.807) is 18.7 Å². The molecule has 0 unspecified atom stereocenters. The number of piperidine rings is 1. The Morgan fingerprint density at radius 3 is 2.87 bits per heavy atom. The third kappa shape index (κ3) is 4.77.